The van der Waals surface area contributed by atoms with Gasteiger partial charge in [-0.25, -0.2) is 4.98 Å². The molecule has 6 heteroatoms. The van der Waals surface area contributed by atoms with Crippen LogP contribution in [0.2, 0.25) is 0 Å². The van der Waals surface area contributed by atoms with E-state index in [9.17, 15) is 0 Å². The molecule has 0 atom stereocenters. The summed E-state index contributed by atoms with van der Waals surface area (Å²) in [6.45, 7) is 0.427. The van der Waals surface area contributed by atoms with Gasteiger partial charge in [0.25, 0.3) is 6.47 Å². The number of rotatable bonds is 3. The number of imidazole rings is 1. The number of H-pyrrole nitrogens is 1. The van der Waals surface area contributed by atoms with Gasteiger partial charge in [-0.1, -0.05) is 12.1 Å². The molecule has 3 rings (SSSR count). The third-order valence-electron chi connectivity index (χ3n) is 2.88. The van der Waals surface area contributed by atoms with Gasteiger partial charge in [0.05, 0.1) is 12.1 Å². The normalized spacial score (nSPS) is 10.1. The van der Waals surface area contributed by atoms with Crippen LogP contribution in [0.4, 0.5) is 0 Å². The summed E-state index contributed by atoms with van der Waals surface area (Å²) in [5.74, 6) is 0.882. The Morgan fingerprint density at radius 1 is 1.35 bits per heavy atom. The third-order valence-corrected chi connectivity index (χ3v) is 2.88. The zero-order valence-electron chi connectivity index (χ0n) is 10.7. The fourth-order valence-corrected chi connectivity index (χ4v) is 2.11. The molecule has 104 valence electrons. The van der Waals surface area contributed by atoms with Crippen molar-refractivity contribution in [2.24, 2.45) is 0 Å². The quantitative estimate of drug-likeness (QED) is 0.634. The van der Waals surface area contributed by atoms with Crippen molar-refractivity contribution in [1.29, 1.82) is 0 Å². The van der Waals surface area contributed by atoms with Crippen LogP contribution >= 0.6 is 0 Å². The number of para-hydroxylation sites is 1. The summed E-state index contributed by atoms with van der Waals surface area (Å²) in [7, 11) is 0. The monoisotopic (exact) mass is 273 g/mol. The van der Waals surface area contributed by atoms with Gasteiger partial charge in [-0.2, -0.15) is 0 Å². The second kappa shape index (κ2) is 6.53. The number of carbonyl (C=O) groups is 1. The molecule has 0 saturated carbocycles. The molecule has 0 aliphatic heterocycles. The van der Waals surface area contributed by atoms with Gasteiger partial charge in [0.1, 0.15) is 5.82 Å². The van der Waals surface area contributed by atoms with Gasteiger partial charge in [-0.15, -0.1) is 0 Å². The first kappa shape index (κ1) is 13.8. The molecule has 0 aliphatic rings. The predicted octanol–water partition coefficient (Wildman–Crippen LogP) is 1.72. The van der Waals surface area contributed by atoms with Gasteiger partial charge in [-0.3, -0.25) is 4.79 Å². The van der Waals surface area contributed by atoms with E-state index in [2.05, 4.69) is 16.0 Å². The fourth-order valence-electron chi connectivity index (χ4n) is 2.11. The summed E-state index contributed by atoms with van der Waals surface area (Å²) >= 11 is 0. The van der Waals surface area contributed by atoms with Gasteiger partial charge < -0.3 is 19.8 Å². The van der Waals surface area contributed by atoms with Crippen molar-refractivity contribution in [1.82, 2.24) is 14.5 Å². The van der Waals surface area contributed by atoms with E-state index in [1.165, 1.54) is 5.39 Å². The zero-order chi connectivity index (χ0) is 14.4. The molecule has 0 aliphatic carbocycles. The maximum absolute atomic E-state index is 9.03. The van der Waals surface area contributed by atoms with Crippen LogP contribution in [0.5, 0.6) is 0 Å². The Morgan fingerprint density at radius 2 is 2.15 bits per heavy atom. The number of benzene rings is 1. The number of fused-ring (bicyclic) bond motifs is 1. The van der Waals surface area contributed by atoms with Crippen molar-refractivity contribution in [3.8, 4) is 11.4 Å². The molecule has 6 nitrogen and oxygen atoms in total. The van der Waals surface area contributed by atoms with Gasteiger partial charge >= 0.3 is 0 Å². The average molecular weight is 273 g/mol. The van der Waals surface area contributed by atoms with Crippen LogP contribution in [0, 0.1) is 0 Å². The van der Waals surface area contributed by atoms with Crippen molar-refractivity contribution in [3.63, 3.8) is 0 Å². The first-order chi connectivity index (χ1) is 9.81. The Labute approximate surface area is 115 Å². The Balaban J connectivity index is 0.000000452. The summed E-state index contributed by atoms with van der Waals surface area (Å²) in [6.07, 6.45) is 5.56. The van der Waals surface area contributed by atoms with Crippen LogP contribution < -0.4 is 0 Å². The first-order valence-electron chi connectivity index (χ1n) is 6.08. The molecule has 0 bridgehead atoms. The van der Waals surface area contributed by atoms with Crippen LogP contribution in [0.15, 0.2) is 42.9 Å². The molecule has 20 heavy (non-hydrogen) atoms. The molecule has 0 amide bonds. The lowest BCUT2D eigenvalue weighted by Crippen LogP contribution is -2.03. The largest absolute Gasteiger partial charge is 0.483 e. The molecular formula is C14H15N3O3. The summed E-state index contributed by atoms with van der Waals surface area (Å²) in [4.78, 5) is 16.0. The third kappa shape index (κ3) is 2.70. The van der Waals surface area contributed by atoms with Crippen LogP contribution in [0.3, 0.4) is 0 Å². The maximum Gasteiger partial charge on any atom is 0.290 e. The van der Waals surface area contributed by atoms with E-state index in [-0.39, 0.29) is 13.1 Å². The highest BCUT2D eigenvalue weighted by Gasteiger charge is 2.09. The average Bonchev–Trinajstić information content (AvgIpc) is 3.08. The summed E-state index contributed by atoms with van der Waals surface area (Å²) in [5.41, 5.74) is 2.14. The van der Waals surface area contributed by atoms with Crippen LogP contribution in [0.1, 0.15) is 0 Å². The Hall–Kier alpha value is -2.60. The number of hydrogen-bond donors (Lipinski definition) is 3. The smallest absolute Gasteiger partial charge is 0.290 e. The van der Waals surface area contributed by atoms with Crippen molar-refractivity contribution >= 4 is 17.4 Å². The SMILES string of the molecule is O=CO.OCCn1ccnc1-c1cccc2cc[nH]c12. The van der Waals surface area contributed by atoms with Crippen molar-refractivity contribution < 1.29 is 15.0 Å². The molecule has 0 fully saturated rings. The summed E-state index contributed by atoms with van der Waals surface area (Å²) in [6, 6.07) is 8.16. The first-order valence-corrected chi connectivity index (χ1v) is 6.08. The second-order valence-electron chi connectivity index (χ2n) is 4.02. The molecule has 2 heterocycles. The van der Waals surface area contributed by atoms with Crippen LogP contribution in [-0.2, 0) is 11.3 Å². The number of aromatic nitrogens is 3. The minimum Gasteiger partial charge on any atom is -0.483 e. The molecule has 3 aromatic rings. The van der Waals surface area contributed by atoms with Gasteiger partial charge in [0.15, 0.2) is 0 Å². The Bertz CT molecular complexity index is 688. The molecule has 1 aromatic carbocycles. The lowest BCUT2D eigenvalue weighted by molar-refractivity contribution is -0.122. The number of aliphatic hydroxyl groups is 1. The molecule has 0 radical (unpaired) electrons. The molecule has 0 unspecified atom stereocenters. The van der Waals surface area contributed by atoms with Gasteiger partial charge in [-0.05, 0) is 12.1 Å². The number of hydrogen-bond acceptors (Lipinski definition) is 3. The van der Waals surface area contributed by atoms with E-state index in [1.54, 1.807) is 6.20 Å². The highest BCUT2D eigenvalue weighted by Crippen LogP contribution is 2.26. The van der Waals surface area contributed by atoms with Crippen LogP contribution in [-0.4, -0.2) is 37.8 Å². The van der Waals surface area contributed by atoms with Gasteiger partial charge in [0.2, 0.25) is 0 Å². The molecule has 3 N–H and O–H groups in total. The topological polar surface area (TPSA) is 91.1 Å². The van der Waals surface area contributed by atoms with Gasteiger partial charge in [0, 0.05) is 36.1 Å². The minimum absolute atomic E-state index is 0.115. The molecular weight excluding hydrogens is 258 g/mol. The van der Waals surface area contributed by atoms with E-state index >= 15 is 0 Å². The van der Waals surface area contributed by atoms with E-state index in [0.717, 1.165) is 16.9 Å². The minimum atomic E-state index is -0.250. The summed E-state index contributed by atoms with van der Waals surface area (Å²) in [5, 5.41) is 17.1. The van der Waals surface area contributed by atoms with E-state index in [0.29, 0.717) is 6.54 Å². The number of aliphatic hydroxyl groups excluding tert-OH is 1. The number of carboxylic acid groups (broad SMARTS) is 1. The number of aromatic amines is 1. The second-order valence-corrected chi connectivity index (χ2v) is 4.02. The standard InChI is InChI=1S/C13H13N3O.CH2O2/c17-9-8-16-7-6-15-13(16)11-3-1-2-10-4-5-14-12(10)11;2-1-3/h1-7,14,17H,8-9H2;1H,(H,2,3). The van der Waals surface area contributed by atoms with Crippen LogP contribution in [0.25, 0.3) is 22.3 Å². The highest BCUT2D eigenvalue weighted by molar-refractivity contribution is 5.92. The van der Waals surface area contributed by atoms with Crippen molar-refractivity contribution in [2.45, 2.75) is 6.54 Å². The maximum atomic E-state index is 9.03. The highest BCUT2D eigenvalue weighted by atomic mass is 16.3. The van der Waals surface area contributed by atoms with Crippen molar-refractivity contribution in [2.75, 3.05) is 6.61 Å². The van der Waals surface area contributed by atoms with Crippen molar-refractivity contribution in [3.05, 3.63) is 42.9 Å². The summed E-state index contributed by atoms with van der Waals surface area (Å²) < 4.78 is 1.95. The Kier molecular flexibility index (Phi) is 4.52. The zero-order valence-corrected chi connectivity index (χ0v) is 10.7. The number of nitrogens with one attached hydrogen (secondary N) is 1. The molecule has 2 aromatic heterocycles. The van der Waals surface area contributed by atoms with E-state index < -0.39 is 0 Å². The predicted molar refractivity (Wildman–Crippen MR) is 75.3 cm³/mol. The van der Waals surface area contributed by atoms with E-state index in [1.807, 2.05) is 35.2 Å². The Morgan fingerprint density at radius 3 is 2.90 bits per heavy atom. The fraction of sp³-hybridized carbons (Fsp3) is 0.143. The molecule has 0 saturated heterocycles. The lowest BCUT2D eigenvalue weighted by Gasteiger charge is -2.07. The van der Waals surface area contributed by atoms with E-state index in [4.69, 9.17) is 15.0 Å². The number of nitrogens with zero attached hydrogens (tertiary/aromatic N) is 2. The lowest BCUT2D eigenvalue weighted by atomic mass is 10.1. The molecule has 0 spiro atoms.